The molecule has 1 aromatic rings. The lowest BCUT2D eigenvalue weighted by Gasteiger charge is -2.37. The van der Waals surface area contributed by atoms with Gasteiger partial charge < -0.3 is 10.0 Å². The van der Waals surface area contributed by atoms with Gasteiger partial charge in [0.05, 0.1) is 5.60 Å². The Hall–Kier alpha value is -1.35. The number of nitrogens with zero attached hydrogens (tertiary/aromatic N) is 1. The number of hydrogen-bond donors (Lipinski definition) is 1. The Balaban J connectivity index is 1.44. The monoisotopic (exact) mass is 353 g/mol. The van der Waals surface area contributed by atoms with E-state index in [2.05, 4.69) is 43.0 Å². The Morgan fingerprint density at radius 2 is 1.96 bits per heavy atom. The maximum absolute atomic E-state index is 13.4. The summed E-state index contributed by atoms with van der Waals surface area (Å²) < 4.78 is 0. The van der Waals surface area contributed by atoms with Crippen LogP contribution in [0.3, 0.4) is 0 Å². The van der Waals surface area contributed by atoms with Crippen LogP contribution in [0, 0.1) is 23.7 Å². The minimum Gasteiger partial charge on any atom is -0.390 e. The van der Waals surface area contributed by atoms with Gasteiger partial charge in [0.2, 0.25) is 5.91 Å². The van der Waals surface area contributed by atoms with Gasteiger partial charge in [-0.3, -0.25) is 4.79 Å². The molecule has 1 N–H and O–H groups in total. The first kappa shape index (κ1) is 16.8. The maximum atomic E-state index is 13.4. The Labute approximate surface area is 156 Å². The summed E-state index contributed by atoms with van der Waals surface area (Å²) in [6.45, 7) is 5.33. The molecular formula is C23H31NO2. The van der Waals surface area contributed by atoms with Gasteiger partial charge in [-0.15, -0.1) is 0 Å². The largest absolute Gasteiger partial charge is 0.390 e. The van der Waals surface area contributed by atoms with Crippen LogP contribution in [-0.2, 0) is 11.2 Å². The van der Waals surface area contributed by atoms with Crippen molar-refractivity contribution in [2.45, 2.75) is 69.9 Å². The molecule has 1 aliphatic heterocycles. The third-order valence-electron chi connectivity index (χ3n) is 8.33. The van der Waals surface area contributed by atoms with Gasteiger partial charge in [-0.2, -0.15) is 0 Å². The van der Waals surface area contributed by atoms with Gasteiger partial charge >= 0.3 is 0 Å². The topological polar surface area (TPSA) is 40.5 Å². The Morgan fingerprint density at radius 3 is 2.77 bits per heavy atom. The lowest BCUT2D eigenvalue weighted by Crippen LogP contribution is -2.44. The van der Waals surface area contributed by atoms with Crippen molar-refractivity contribution >= 4 is 5.91 Å². The first-order chi connectivity index (χ1) is 12.5. The number of carbonyl (C=O) groups excluding carboxylic acids is 1. The summed E-state index contributed by atoms with van der Waals surface area (Å²) in [5.41, 5.74) is 2.36. The van der Waals surface area contributed by atoms with E-state index in [-0.39, 0.29) is 5.92 Å². The quantitative estimate of drug-likeness (QED) is 0.880. The van der Waals surface area contributed by atoms with Crippen LogP contribution in [0.2, 0.25) is 0 Å². The highest BCUT2D eigenvalue weighted by Gasteiger charge is 2.56. The van der Waals surface area contributed by atoms with Crippen LogP contribution < -0.4 is 0 Å². The van der Waals surface area contributed by atoms with Crippen LogP contribution in [0.25, 0.3) is 0 Å². The summed E-state index contributed by atoms with van der Waals surface area (Å²) in [4.78, 5) is 15.6. The molecule has 0 aromatic heterocycles. The van der Waals surface area contributed by atoms with Crippen molar-refractivity contribution in [2.75, 3.05) is 6.54 Å². The number of rotatable bonds is 2. The van der Waals surface area contributed by atoms with Gasteiger partial charge in [0, 0.05) is 24.4 Å². The highest BCUT2D eigenvalue weighted by Crippen LogP contribution is 2.54. The van der Waals surface area contributed by atoms with Crippen molar-refractivity contribution < 1.29 is 9.90 Å². The van der Waals surface area contributed by atoms with Crippen molar-refractivity contribution in [3.8, 4) is 0 Å². The molecule has 3 fully saturated rings. The van der Waals surface area contributed by atoms with Crippen LogP contribution >= 0.6 is 0 Å². The predicted octanol–water partition coefficient (Wildman–Crippen LogP) is 3.75. The predicted molar refractivity (Wildman–Crippen MR) is 102 cm³/mol. The molecule has 140 valence electrons. The van der Waals surface area contributed by atoms with Gasteiger partial charge in [0.1, 0.15) is 0 Å². The first-order valence-electron chi connectivity index (χ1n) is 10.6. The molecule has 1 heterocycles. The van der Waals surface area contributed by atoms with Crippen LogP contribution in [0.4, 0.5) is 0 Å². The van der Waals surface area contributed by atoms with Crippen molar-refractivity contribution in [1.29, 1.82) is 0 Å². The number of amides is 1. The molecule has 2 saturated carbocycles. The van der Waals surface area contributed by atoms with Crippen molar-refractivity contribution in [1.82, 2.24) is 4.90 Å². The molecule has 26 heavy (non-hydrogen) atoms. The maximum Gasteiger partial charge on any atom is 0.226 e. The van der Waals surface area contributed by atoms with Gasteiger partial charge in [-0.25, -0.2) is 0 Å². The second kappa shape index (κ2) is 5.82. The Bertz CT molecular complexity index is 731. The van der Waals surface area contributed by atoms with Gasteiger partial charge in [-0.05, 0) is 67.4 Å². The SMILES string of the molecule is CC[C@]1(O)CC2CC(C1)[C@H](N1C[C@@H]3c4ccccc4CC[C@H]3C1=O)[C@H]2C. The number of benzene rings is 1. The van der Waals surface area contributed by atoms with E-state index < -0.39 is 5.60 Å². The lowest BCUT2D eigenvalue weighted by atomic mass is 9.75. The zero-order valence-corrected chi connectivity index (χ0v) is 16.0. The number of aliphatic hydroxyl groups is 1. The third-order valence-corrected chi connectivity index (χ3v) is 8.33. The van der Waals surface area contributed by atoms with E-state index in [1.807, 2.05) is 0 Å². The molecule has 1 aromatic carbocycles. The minimum absolute atomic E-state index is 0.183. The molecule has 0 radical (unpaired) electrons. The van der Waals surface area contributed by atoms with E-state index in [0.29, 0.717) is 35.6 Å². The van der Waals surface area contributed by atoms with E-state index in [1.54, 1.807) is 0 Å². The molecule has 3 aliphatic carbocycles. The molecular weight excluding hydrogens is 322 g/mol. The summed E-state index contributed by atoms with van der Waals surface area (Å²) in [6.07, 6.45) is 5.89. The van der Waals surface area contributed by atoms with Crippen LogP contribution in [0.15, 0.2) is 24.3 Å². The van der Waals surface area contributed by atoms with Crippen molar-refractivity contribution in [3.63, 3.8) is 0 Å². The second-order valence-corrected chi connectivity index (χ2v) is 9.53. The zero-order valence-electron chi connectivity index (χ0n) is 16.0. The normalized spacial score (nSPS) is 44.1. The van der Waals surface area contributed by atoms with E-state index in [4.69, 9.17) is 0 Å². The molecule has 3 heteroatoms. The lowest BCUT2D eigenvalue weighted by molar-refractivity contribution is -0.134. The van der Waals surface area contributed by atoms with Crippen LogP contribution in [-0.4, -0.2) is 34.1 Å². The summed E-state index contributed by atoms with van der Waals surface area (Å²) in [6, 6.07) is 9.08. The van der Waals surface area contributed by atoms with Crippen LogP contribution in [0.1, 0.15) is 63.0 Å². The van der Waals surface area contributed by atoms with Gasteiger partial charge in [-0.1, -0.05) is 38.1 Å². The first-order valence-corrected chi connectivity index (χ1v) is 10.6. The number of carbonyl (C=O) groups is 1. The number of fused-ring (bicyclic) bond motifs is 5. The van der Waals surface area contributed by atoms with Crippen LogP contribution in [0.5, 0.6) is 0 Å². The number of aryl methyl sites for hydroxylation is 1. The fraction of sp³-hybridized carbons (Fsp3) is 0.696. The van der Waals surface area contributed by atoms with Gasteiger partial charge in [0.25, 0.3) is 0 Å². The average Bonchev–Trinajstić information content (AvgIpc) is 3.09. The minimum atomic E-state index is -0.501. The average molecular weight is 354 g/mol. The molecule has 5 rings (SSSR count). The molecule has 7 atom stereocenters. The number of hydrogen-bond acceptors (Lipinski definition) is 2. The standard InChI is InChI=1S/C23H31NO2/c1-3-23(26)11-16-10-17(12-23)21(14(16)2)24-13-20-18-7-5-4-6-15(18)8-9-19(20)22(24)25/h4-7,14,16-17,19-21,26H,3,8-13H2,1-2H3/t14-,16?,17?,19+,20+,21+,23-/m0/s1. The summed E-state index contributed by atoms with van der Waals surface area (Å²) in [7, 11) is 0. The Morgan fingerprint density at radius 1 is 1.19 bits per heavy atom. The molecule has 2 bridgehead atoms. The fourth-order valence-electron chi connectivity index (χ4n) is 6.97. The molecule has 1 saturated heterocycles. The molecule has 1 amide bonds. The van der Waals surface area contributed by atoms with Gasteiger partial charge in [0.15, 0.2) is 0 Å². The number of likely N-dealkylation sites (tertiary alicyclic amines) is 1. The Kier molecular flexibility index (Phi) is 3.76. The molecule has 3 nitrogen and oxygen atoms in total. The van der Waals surface area contributed by atoms with E-state index in [1.165, 1.54) is 17.5 Å². The highest BCUT2D eigenvalue weighted by molar-refractivity contribution is 5.83. The van der Waals surface area contributed by atoms with E-state index >= 15 is 0 Å². The van der Waals surface area contributed by atoms with E-state index in [0.717, 1.165) is 38.6 Å². The molecule has 2 unspecified atom stereocenters. The van der Waals surface area contributed by atoms with Crippen molar-refractivity contribution in [2.24, 2.45) is 23.7 Å². The zero-order chi connectivity index (χ0) is 18.1. The molecule has 4 aliphatic rings. The summed E-state index contributed by atoms with van der Waals surface area (Å²) in [5, 5.41) is 10.9. The second-order valence-electron chi connectivity index (χ2n) is 9.53. The summed E-state index contributed by atoms with van der Waals surface area (Å²) >= 11 is 0. The third kappa shape index (κ3) is 2.32. The smallest absolute Gasteiger partial charge is 0.226 e. The summed E-state index contributed by atoms with van der Waals surface area (Å²) in [5.74, 6) is 2.53. The van der Waals surface area contributed by atoms with Crippen molar-refractivity contribution in [3.05, 3.63) is 35.4 Å². The van der Waals surface area contributed by atoms with E-state index in [9.17, 15) is 9.90 Å². The molecule has 0 spiro atoms. The fourth-order valence-corrected chi connectivity index (χ4v) is 6.97. The highest BCUT2D eigenvalue weighted by atomic mass is 16.3.